The molecule has 5 nitrogen and oxygen atoms in total. The lowest BCUT2D eigenvalue weighted by Gasteiger charge is -2.08. The van der Waals surface area contributed by atoms with Gasteiger partial charge in [0.05, 0.1) is 0 Å². The molecule has 1 aromatic rings. The minimum absolute atomic E-state index is 0.346. The first-order chi connectivity index (χ1) is 7.89. The van der Waals surface area contributed by atoms with Crippen molar-refractivity contribution in [1.29, 1.82) is 0 Å². The molecule has 0 atom stereocenters. The summed E-state index contributed by atoms with van der Waals surface area (Å²) in [4.78, 5) is 0.346. The van der Waals surface area contributed by atoms with Crippen molar-refractivity contribution in [2.45, 2.75) is 24.8 Å². The third-order valence-corrected chi connectivity index (χ3v) is 4.37. The van der Waals surface area contributed by atoms with Gasteiger partial charge in [-0.2, -0.15) is 0 Å². The van der Waals surface area contributed by atoms with Crippen molar-refractivity contribution in [2.24, 2.45) is 7.05 Å². The summed E-state index contributed by atoms with van der Waals surface area (Å²) >= 11 is 0. The molecular formula is C11H21N3O2S. The second-order valence-electron chi connectivity index (χ2n) is 4.24. The van der Waals surface area contributed by atoms with Gasteiger partial charge in [-0.15, -0.1) is 0 Å². The fourth-order valence-electron chi connectivity index (χ4n) is 1.50. The van der Waals surface area contributed by atoms with E-state index in [4.69, 9.17) is 0 Å². The normalized spacial score (nSPS) is 12.3. The highest BCUT2D eigenvalue weighted by Crippen LogP contribution is 2.16. The van der Waals surface area contributed by atoms with Gasteiger partial charge in [0.25, 0.3) is 0 Å². The van der Waals surface area contributed by atoms with Crippen molar-refractivity contribution in [3.63, 3.8) is 0 Å². The summed E-state index contributed by atoms with van der Waals surface area (Å²) in [6.07, 6.45) is 2.71. The molecule has 1 rings (SSSR count). The summed E-state index contributed by atoms with van der Waals surface area (Å²) in [6, 6.07) is 1.72. The van der Waals surface area contributed by atoms with Crippen molar-refractivity contribution in [3.8, 4) is 0 Å². The predicted octanol–water partition coefficient (Wildman–Crippen LogP) is 0.775. The first kappa shape index (κ1) is 14.2. The van der Waals surface area contributed by atoms with Gasteiger partial charge in [0, 0.05) is 39.6 Å². The standard InChI is InChI=1S/C11H21N3O2S/c1-5-6-12-8-10-7-11(9-14(10)4)17(15,16)13(2)3/h7,9,12H,5-6,8H2,1-4H3. The van der Waals surface area contributed by atoms with Gasteiger partial charge in [-0.1, -0.05) is 6.92 Å². The van der Waals surface area contributed by atoms with Crippen LogP contribution in [0.15, 0.2) is 17.2 Å². The van der Waals surface area contributed by atoms with E-state index in [2.05, 4.69) is 12.2 Å². The summed E-state index contributed by atoms with van der Waals surface area (Å²) in [5.74, 6) is 0. The first-order valence-corrected chi connectivity index (χ1v) is 7.12. The second kappa shape index (κ2) is 5.66. The maximum absolute atomic E-state index is 11.9. The molecule has 17 heavy (non-hydrogen) atoms. The predicted molar refractivity (Wildman–Crippen MR) is 68.3 cm³/mol. The zero-order valence-corrected chi connectivity index (χ0v) is 11.7. The molecule has 98 valence electrons. The Morgan fingerprint density at radius 1 is 1.41 bits per heavy atom. The molecule has 6 heteroatoms. The van der Waals surface area contributed by atoms with Crippen molar-refractivity contribution in [3.05, 3.63) is 18.0 Å². The molecule has 0 unspecified atom stereocenters. The zero-order chi connectivity index (χ0) is 13.1. The number of rotatable bonds is 6. The third-order valence-electron chi connectivity index (χ3n) is 2.59. The quantitative estimate of drug-likeness (QED) is 0.768. The molecule has 0 aliphatic rings. The SMILES string of the molecule is CCCNCc1cc(S(=O)(=O)N(C)C)cn1C. The molecule has 1 heterocycles. The highest BCUT2D eigenvalue weighted by atomic mass is 32.2. The maximum atomic E-state index is 11.9. The average molecular weight is 259 g/mol. The van der Waals surface area contributed by atoms with Crippen LogP contribution in [-0.2, 0) is 23.6 Å². The molecule has 0 bridgehead atoms. The van der Waals surface area contributed by atoms with Crippen LogP contribution in [0.2, 0.25) is 0 Å². The van der Waals surface area contributed by atoms with Crippen molar-refractivity contribution in [2.75, 3.05) is 20.6 Å². The molecule has 0 aliphatic heterocycles. The fourth-order valence-corrected chi connectivity index (χ4v) is 2.50. The van der Waals surface area contributed by atoms with Crippen molar-refractivity contribution in [1.82, 2.24) is 14.2 Å². The molecule has 0 saturated carbocycles. The number of sulfonamides is 1. The summed E-state index contributed by atoms with van der Waals surface area (Å²) in [5, 5.41) is 3.26. The van der Waals surface area contributed by atoms with Crippen LogP contribution in [-0.4, -0.2) is 37.9 Å². The molecule has 1 aromatic heterocycles. The van der Waals surface area contributed by atoms with Crippen LogP contribution in [0.4, 0.5) is 0 Å². The number of hydrogen-bond acceptors (Lipinski definition) is 3. The number of aromatic nitrogens is 1. The van der Waals surface area contributed by atoms with E-state index >= 15 is 0 Å². The Labute approximate surface area is 103 Å². The fraction of sp³-hybridized carbons (Fsp3) is 0.636. The van der Waals surface area contributed by atoms with Crippen LogP contribution >= 0.6 is 0 Å². The maximum Gasteiger partial charge on any atom is 0.244 e. The van der Waals surface area contributed by atoms with Gasteiger partial charge in [-0.25, -0.2) is 12.7 Å². The van der Waals surface area contributed by atoms with Crippen LogP contribution < -0.4 is 5.32 Å². The summed E-state index contributed by atoms with van der Waals surface area (Å²) < 4.78 is 26.9. The largest absolute Gasteiger partial charge is 0.352 e. The first-order valence-electron chi connectivity index (χ1n) is 5.68. The summed E-state index contributed by atoms with van der Waals surface area (Å²) in [5.41, 5.74) is 0.971. The Balaban J connectivity index is 2.89. The lowest BCUT2D eigenvalue weighted by atomic mass is 10.4. The van der Waals surface area contributed by atoms with Gasteiger partial charge in [-0.05, 0) is 19.0 Å². The minimum Gasteiger partial charge on any atom is -0.352 e. The van der Waals surface area contributed by atoms with Crippen molar-refractivity contribution >= 4 is 10.0 Å². The van der Waals surface area contributed by atoms with Crippen LogP contribution in [0.1, 0.15) is 19.0 Å². The highest BCUT2D eigenvalue weighted by molar-refractivity contribution is 7.89. The molecule has 0 radical (unpaired) electrons. The number of hydrogen-bond donors (Lipinski definition) is 1. The van der Waals surface area contributed by atoms with Crippen LogP contribution in [0.3, 0.4) is 0 Å². The van der Waals surface area contributed by atoms with E-state index in [-0.39, 0.29) is 0 Å². The van der Waals surface area contributed by atoms with Crippen molar-refractivity contribution < 1.29 is 8.42 Å². The van der Waals surface area contributed by atoms with Gasteiger partial charge in [-0.3, -0.25) is 0 Å². The molecule has 0 fully saturated rings. The minimum atomic E-state index is -3.32. The van der Waals surface area contributed by atoms with E-state index in [0.717, 1.165) is 18.7 Å². The average Bonchev–Trinajstić information content (AvgIpc) is 2.61. The van der Waals surface area contributed by atoms with Gasteiger partial charge in [0.1, 0.15) is 4.90 Å². The van der Waals surface area contributed by atoms with Gasteiger partial charge in [0.2, 0.25) is 10.0 Å². The lowest BCUT2D eigenvalue weighted by molar-refractivity contribution is 0.520. The smallest absolute Gasteiger partial charge is 0.244 e. The van der Waals surface area contributed by atoms with E-state index < -0.39 is 10.0 Å². The van der Waals surface area contributed by atoms with Gasteiger partial charge >= 0.3 is 0 Å². The number of aryl methyl sites for hydroxylation is 1. The van der Waals surface area contributed by atoms with Crippen LogP contribution in [0.5, 0.6) is 0 Å². The molecule has 0 amide bonds. The lowest BCUT2D eigenvalue weighted by Crippen LogP contribution is -2.21. The Hall–Kier alpha value is -0.850. The highest BCUT2D eigenvalue weighted by Gasteiger charge is 2.19. The number of nitrogens with one attached hydrogen (secondary N) is 1. The summed E-state index contributed by atoms with van der Waals surface area (Å²) in [6.45, 7) is 3.72. The topological polar surface area (TPSA) is 54.3 Å². The van der Waals surface area contributed by atoms with E-state index in [9.17, 15) is 8.42 Å². The molecule has 1 N–H and O–H groups in total. The van der Waals surface area contributed by atoms with E-state index in [1.54, 1.807) is 12.3 Å². The van der Waals surface area contributed by atoms with Crippen LogP contribution in [0, 0.1) is 0 Å². The molecule has 0 aromatic carbocycles. The van der Waals surface area contributed by atoms with E-state index in [1.165, 1.54) is 18.4 Å². The zero-order valence-electron chi connectivity index (χ0n) is 10.9. The summed E-state index contributed by atoms with van der Waals surface area (Å²) in [7, 11) is 1.61. The second-order valence-corrected chi connectivity index (χ2v) is 6.39. The Morgan fingerprint density at radius 2 is 2.06 bits per heavy atom. The molecular weight excluding hydrogens is 238 g/mol. The Bertz CT molecular complexity index is 463. The van der Waals surface area contributed by atoms with E-state index in [0.29, 0.717) is 11.4 Å². The Kier molecular flexibility index (Phi) is 4.73. The molecule has 0 saturated heterocycles. The van der Waals surface area contributed by atoms with Gasteiger partial charge < -0.3 is 9.88 Å². The Morgan fingerprint density at radius 3 is 2.59 bits per heavy atom. The molecule has 0 aliphatic carbocycles. The van der Waals surface area contributed by atoms with Gasteiger partial charge in [0.15, 0.2) is 0 Å². The molecule has 0 spiro atoms. The van der Waals surface area contributed by atoms with Crippen LogP contribution in [0.25, 0.3) is 0 Å². The monoisotopic (exact) mass is 259 g/mol. The number of nitrogens with zero attached hydrogens (tertiary/aromatic N) is 2. The third kappa shape index (κ3) is 3.31. The van der Waals surface area contributed by atoms with E-state index in [1.807, 2.05) is 11.6 Å².